The summed E-state index contributed by atoms with van der Waals surface area (Å²) in [6.07, 6.45) is 1.84. The highest BCUT2D eigenvalue weighted by atomic mass is 127. The van der Waals surface area contributed by atoms with Crippen molar-refractivity contribution in [1.82, 2.24) is 20.3 Å². The summed E-state index contributed by atoms with van der Waals surface area (Å²) in [5.41, 5.74) is 1.66. The van der Waals surface area contributed by atoms with E-state index in [-0.39, 0.29) is 36.0 Å². The maximum absolute atomic E-state index is 12.4. The minimum atomic E-state index is -0.466. The molecule has 0 saturated carbocycles. The number of nitrogens with zero attached hydrogens (tertiary/aromatic N) is 4. The molecule has 1 aromatic heterocycles. The van der Waals surface area contributed by atoms with Gasteiger partial charge < -0.3 is 24.4 Å². The smallest absolute Gasteiger partial charge is 0.410 e. The fourth-order valence-electron chi connectivity index (χ4n) is 4.17. The minimum absolute atomic E-state index is 0. The van der Waals surface area contributed by atoms with Gasteiger partial charge in [0.1, 0.15) is 11.4 Å². The maximum atomic E-state index is 12.4. The Labute approximate surface area is 210 Å². The molecule has 1 aliphatic rings. The first kappa shape index (κ1) is 28.5. The van der Waals surface area contributed by atoms with Gasteiger partial charge in [-0.15, -0.1) is 24.0 Å². The van der Waals surface area contributed by atoms with Crippen LogP contribution in [0.5, 0.6) is 0 Å². The first-order valence-corrected chi connectivity index (χ1v) is 11.4. The van der Waals surface area contributed by atoms with Crippen LogP contribution in [0.3, 0.4) is 0 Å². The van der Waals surface area contributed by atoms with Crippen molar-refractivity contribution in [1.29, 1.82) is 0 Å². The van der Waals surface area contributed by atoms with E-state index in [4.69, 9.17) is 9.26 Å². The van der Waals surface area contributed by atoms with E-state index in [1.165, 1.54) is 5.56 Å². The number of aryl methyl sites for hydroxylation is 2. The second-order valence-corrected chi connectivity index (χ2v) is 9.52. The van der Waals surface area contributed by atoms with E-state index < -0.39 is 5.60 Å². The Morgan fingerprint density at radius 1 is 1.34 bits per heavy atom. The Morgan fingerprint density at radius 2 is 1.97 bits per heavy atom. The van der Waals surface area contributed by atoms with E-state index in [0.29, 0.717) is 12.5 Å². The molecule has 1 fully saturated rings. The third kappa shape index (κ3) is 8.12. The zero-order chi connectivity index (χ0) is 23.2. The van der Waals surface area contributed by atoms with Crippen molar-refractivity contribution >= 4 is 36.0 Å². The Morgan fingerprint density at radius 3 is 2.44 bits per heavy atom. The standard InChI is InChI=1S/C23H41N5O3.HI/c1-9-27(22(29)30-23(5,6)7)15-19-10-12-28(13-11-19)21(24-8)25-14-16(2)20-17(3)26-31-18(20)4;/h16,19H,9-15H2,1-8H3,(H,24,25);1H. The molecule has 1 N–H and O–H groups in total. The number of piperidine rings is 1. The van der Waals surface area contributed by atoms with Gasteiger partial charge in [0.25, 0.3) is 0 Å². The fraction of sp³-hybridized carbons (Fsp3) is 0.783. The number of nitrogens with one attached hydrogen (secondary N) is 1. The van der Waals surface area contributed by atoms with Crippen molar-refractivity contribution in [2.24, 2.45) is 10.9 Å². The van der Waals surface area contributed by atoms with Crippen LogP contribution in [0.25, 0.3) is 0 Å². The Hall–Kier alpha value is -1.52. The third-order valence-corrected chi connectivity index (χ3v) is 5.79. The van der Waals surface area contributed by atoms with Crippen molar-refractivity contribution in [3.63, 3.8) is 0 Å². The molecule has 8 nitrogen and oxygen atoms in total. The van der Waals surface area contributed by atoms with Gasteiger partial charge in [-0.25, -0.2) is 4.79 Å². The van der Waals surface area contributed by atoms with E-state index in [0.717, 1.165) is 56.4 Å². The molecule has 2 rings (SSSR count). The van der Waals surface area contributed by atoms with Crippen LogP contribution in [-0.2, 0) is 4.74 Å². The number of likely N-dealkylation sites (tertiary alicyclic amines) is 1. The number of hydrogen-bond acceptors (Lipinski definition) is 5. The molecule has 0 bridgehead atoms. The fourth-order valence-corrected chi connectivity index (χ4v) is 4.17. The predicted octanol–water partition coefficient (Wildman–Crippen LogP) is 4.56. The molecule has 1 unspecified atom stereocenters. The highest BCUT2D eigenvalue weighted by molar-refractivity contribution is 14.0. The minimum Gasteiger partial charge on any atom is -0.444 e. The van der Waals surface area contributed by atoms with Gasteiger partial charge in [-0.1, -0.05) is 12.1 Å². The SMILES string of the molecule is CCN(CC1CCN(C(=NC)NCC(C)c2c(C)noc2C)CC1)C(=O)OC(C)(C)C.I. The molecule has 32 heavy (non-hydrogen) atoms. The van der Waals surface area contributed by atoms with Crippen LogP contribution in [0, 0.1) is 19.8 Å². The summed E-state index contributed by atoms with van der Waals surface area (Å²) in [5, 5.41) is 7.58. The molecule has 2 heterocycles. The second-order valence-electron chi connectivity index (χ2n) is 9.52. The number of carbonyl (C=O) groups excluding carboxylic acids is 1. The molecular formula is C23H42IN5O3. The van der Waals surface area contributed by atoms with Crippen LogP contribution in [0.2, 0.25) is 0 Å². The molecule has 0 spiro atoms. The van der Waals surface area contributed by atoms with E-state index in [2.05, 4.69) is 27.3 Å². The molecule has 1 aromatic rings. The zero-order valence-electron chi connectivity index (χ0n) is 21.0. The van der Waals surface area contributed by atoms with Crippen molar-refractivity contribution in [2.75, 3.05) is 39.8 Å². The van der Waals surface area contributed by atoms with Crippen molar-refractivity contribution in [3.8, 4) is 0 Å². The number of ether oxygens (including phenoxy) is 1. The van der Waals surface area contributed by atoms with Crippen molar-refractivity contribution in [2.45, 2.75) is 72.8 Å². The van der Waals surface area contributed by atoms with Crippen LogP contribution in [0.4, 0.5) is 4.79 Å². The molecule has 1 amide bonds. The molecule has 0 aromatic carbocycles. The van der Waals surface area contributed by atoms with Gasteiger partial charge >= 0.3 is 6.09 Å². The number of carbonyl (C=O) groups is 1. The van der Waals surface area contributed by atoms with Gasteiger partial charge in [-0.3, -0.25) is 4.99 Å². The molecule has 184 valence electrons. The predicted molar refractivity (Wildman–Crippen MR) is 139 cm³/mol. The largest absolute Gasteiger partial charge is 0.444 e. The molecule has 1 saturated heterocycles. The quantitative estimate of drug-likeness (QED) is 0.311. The summed E-state index contributed by atoms with van der Waals surface area (Å²) in [6.45, 7) is 17.9. The lowest BCUT2D eigenvalue weighted by atomic mass is 9.96. The average Bonchev–Trinajstić information content (AvgIpc) is 3.04. The first-order valence-electron chi connectivity index (χ1n) is 11.4. The van der Waals surface area contributed by atoms with Gasteiger partial charge in [0, 0.05) is 51.3 Å². The third-order valence-electron chi connectivity index (χ3n) is 5.79. The van der Waals surface area contributed by atoms with Crippen molar-refractivity contribution < 1.29 is 14.1 Å². The summed E-state index contributed by atoms with van der Waals surface area (Å²) in [5.74, 6) is 2.57. The number of amides is 1. The molecule has 0 aliphatic carbocycles. The highest BCUT2D eigenvalue weighted by Crippen LogP contribution is 2.23. The second kappa shape index (κ2) is 12.6. The lowest BCUT2D eigenvalue weighted by Crippen LogP contribution is -2.48. The van der Waals surface area contributed by atoms with E-state index >= 15 is 0 Å². The number of guanidine groups is 1. The van der Waals surface area contributed by atoms with E-state index in [9.17, 15) is 4.79 Å². The summed E-state index contributed by atoms with van der Waals surface area (Å²) >= 11 is 0. The monoisotopic (exact) mass is 563 g/mol. The average molecular weight is 564 g/mol. The lowest BCUT2D eigenvalue weighted by Gasteiger charge is -2.36. The number of halogens is 1. The molecule has 1 atom stereocenters. The molecule has 9 heteroatoms. The maximum Gasteiger partial charge on any atom is 0.410 e. The number of rotatable bonds is 6. The summed E-state index contributed by atoms with van der Waals surface area (Å²) in [4.78, 5) is 21.0. The van der Waals surface area contributed by atoms with Gasteiger partial charge in [-0.2, -0.15) is 0 Å². The number of aromatic nitrogens is 1. The summed E-state index contributed by atoms with van der Waals surface area (Å²) in [6, 6.07) is 0. The van der Waals surface area contributed by atoms with Crippen LogP contribution < -0.4 is 5.32 Å². The van der Waals surface area contributed by atoms with Crippen LogP contribution in [0.1, 0.15) is 70.4 Å². The van der Waals surface area contributed by atoms with Crippen LogP contribution in [0.15, 0.2) is 9.52 Å². The van der Waals surface area contributed by atoms with Gasteiger partial charge in [0.05, 0.1) is 5.69 Å². The lowest BCUT2D eigenvalue weighted by molar-refractivity contribution is 0.0214. The summed E-state index contributed by atoms with van der Waals surface area (Å²) < 4.78 is 10.9. The zero-order valence-corrected chi connectivity index (χ0v) is 23.4. The molecule has 0 radical (unpaired) electrons. The normalized spacial score (nSPS) is 16.4. The van der Waals surface area contributed by atoms with Gasteiger partial charge in [-0.05, 0) is 60.3 Å². The van der Waals surface area contributed by atoms with Gasteiger partial charge in [0.15, 0.2) is 5.96 Å². The van der Waals surface area contributed by atoms with Crippen molar-refractivity contribution in [3.05, 3.63) is 17.0 Å². The topological polar surface area (TPSA) is 83.2 Å². The Kier molecular flexibility index (Phi) is 11.3. The number of hydrogen-bond donors (Lipinski definition) is 1. The van der Waals surface area contributed by atoms with Crippen LogP contribution in [-0.4, -0.2) is 72.4 Å². The van der Waals surface area contributed by atoms with Gasteiger partial charge in [0.2, 0.25) is 0 Å². The Bertz CT molecular complexity index is 732. The highest BCUT2D eigenvalue weighted by Gasteiger charge is 2.27. The van der Waals surface area contributed by atoms with Crippen LogP contribution >= 0.6 is 24.0 Å². The summed E-state index contributed by atoms with van der Waals surface area (Å²) in [7, 11) is 1.83. The van der Waals surface area contributed by atoms with E-state index in [1.807, 2.05) is 53.5 Å². The molecular weight excluding hydrogens is 521 g/mol. The Balaban J connectivity index is 0.00000512. The first-order chi connectivity index (χ1) is 14.6. The molecule has 1 aliphatic heterocycles. The number of aliphatic imine (C=N–C) groups is 1. The van der Waals surface area contributed by atoms with E-state index in [1.54, 1.807) is 0 Å².